The van der Waals surface area contributed by atoms with Gasteiger partial charge in [0.25, 0.3) is 0 Å². The first-order valence-corrected chi connectivity index (χ1v) is 9.00. The van der Waals surface area contributed by atoms with E-state index in [0.29, 0.717) is 19.6 Å². The lowest BCUT2D eigenvalue weighted by Crippen LogP contribution is -2.61. The zero-order valence-electron chi connectivity index (χ0n) is 12.8. The van der Waals surface area contributed by atoms with Crippen LogP contribution in [0.1, 0.15) is 20.8 Å². The number of piperazine rings is 1. The molecule has 0 bridgehead atoms. The Morgan fingerprint density at radius 1 is 1.24 bits per heavy atom. The first kappa shape index (κ1) is 16.5. The van der Waals surface area contributed by atoms with Gasteiger partial charge in [-0.1, -0.05) is 0 Å². The minimum absolute atomic E-state index is 0.0181. The van der Waals surface area contributed by atoms with Gasteiger partial charge in [-0.05, 0) is 20.8 Å². The predicted molar refractivity (Wildman–Crippen MR) is 77.8 cm³/mol. The Morgan fingerprint density at radius 3 is 2.43 bits per heavy atom. The fraction of sp³-hybridized carbons (Fsp3) is 0.923. The Hall–Kier alpha value is -0.860. The van der Waals surface area contributed by atoms with Crippen LogP contribution in [0.5, 0.6) is 0 Å². The number of aliphatic hydroxyl groups is 1. The Bertz CT molecular complexity index is 499. The third-order valence-corrected chi connectivity index (χ3v) is 5.51. The molecule has 2 unspecified atom stereocenters. The molecule has 8 heteroatoms. The van der Waals surface area contributed by atoms with E-state index in [1.807, 2.05) is 4.90 Å². The van der Waals surface area contributed by atoms with Crippen LogP contribution in [0, 0.1) is 0 Å². The van der Waals surface area contributed by atoms with Crippen molar-refractivity contribution in [3.63, 3.8) is 0 Å². The van der Waals surface area contributed by atoms with Crippen LogP contribution in [-0.2, 0) is 14.6 Å². The summed E-state index contributed by atoms with van der Waals surface area (Å²) in [6.45, 7) is 6.75. The molecule has 0 radical (unpaired) electrons. The summed E-state index contributed by atoms with van der Waals surface area (Å²) in [4.78, 5) is 15.8. The number of fused-ring (bicyclic) bond motifs is 1. The van der Waals surface area contributed by atoms with Gasteiger partial charge in [0, 0.05) is 25.7 Å². The molecular weight excluding hydrogens is 296 g/mol. The van der Waals surface area contributed by atoms with Gasteiger partial charge in [0.2, 0.25) is 0 Å². The van der Waals surface area contributed by atoms with Crippen molar-refractivity contribution in [2.24, 2.45) is 0 Å². The average molecular weight is 320 g/mol. The molecule has 1 N–H and O–H groups in total. The number of carbonyl (C=O) groups is 1. The summed E-state index contributed by atoms with van der Waals surface area (Å²) in [5, 5.41) is 9.10. The van der Waals surface area contributed by atoms with Crippen molar-refractivity contribution in [2.45, 2.75) is 38.5 Å². The first-order valence-electron chi connectivity index (χ1n) is 7.18. The smallest absolute Gasteiger partial charge is 0.410 e. The highest BCUT2D eigenvalue weighted by molar-refractivity contribution is 7.91. The molecule has 7 nitrogen and oxygen atoms in total. The van der Waals surface area contributed by atoms with Crippen LogP contribution in [0.4, 0.5) is 4.79 Å². The highest BCUT2D eigenvalue weighted by atomic mass is 32.2. The van der Waals surface area contributed by atoms with E-state index in [0.717, 1.165) is 0 Å². The number of amides is 1. The van der Waals surface area contributed by atoms with Crippen LogP contribution < -0.4 is 0 Å². The number of hydrogen-bond donors (Lipinski definition) is 1. The van der Waals surface area contributed by atoms with Gasteiger partial charge in [0.1, 0.15) is 5.60 Å². The zero-order chi connectivity index (χ0) is 15.8. The fourth-order valence-electron chi connectivity index (χ4n) is 2.98. The average Bonchev–Trinajstić information content (AvgIpc) is 2.62. The lowest BCUT2D eigenvalue weighted by atomic mass is 10.1. The van der Waals surface area contributed by atoms with Gasteiger partial charge in [-0.15, -0.1) is 0 Å². The number of nitrogens with zero attached hydrogens (tertiary/aromatic N) is 2. The summed E-state index contributed by atoms with van der Waals surface area (Å²) in [6.07, 6.45) is -0.460. The lowest BCUT2D eigenvalue weighted by molar-refractivity contribution is -0.0113. The first-order chi connectivity index (χ1) is 9.63. The third kappa shape index (κ3) is 3.87. The SMILES string of the molecule is CC(C)(C)OC(=O)N1CCN(CCO)C2CS(=O)(=O)CC21. The number of aliphatic hydroxyl groups excluding tert-OH is 1. The van der Waals surface area contributed by atoms with Crippen molar-refractivity contribution >= 4 is 15.9 Å². The number of sulfone groups is 1. The third-order valence-electron chi connectivity index (χ3n) is 3.81. The molecule has 0 aromatic carbocycles. The van der Waals surface area contributed by atoms with E-state index >= 15 is 0 Å². The Balaban J connectivity index is 2.17. The van der Waals surface area contributed by atoms with Crippen molar-refractivity contribution in [1.82, 2.24) is 9.80 Å². The fourth-order valence-corrected chi connectivity index (χ4v) is 4.99. The Kier molecular flexibility index (Phi) is 4.51. The minimum Gasteiger partial charge on any atom is -0.444 e. The van der Waals surface area contributed by atoms with Crippen molar-refractivity contribution < 1.29 is 23.1 Å². The molecular formula is C13H24N2O5S. The van der Waals surface area contributed by atoms with Crippen molar-refractivity contribution in [2.75, 3.05) is 37.7 Å². The molecule has 0 spiro atoms. The molecule has 0 aliphatic carbocycles. The molecule has 0 saturated carbocycles. The van der Waals surface area contributed by atoms with E-state index in [9.17, 15) is 13.2 Å². The quantitative estimate of drug-likeness (QED) is 0.751. The van der Waals surface area contributed by atoms with E-state index in [-0.39, 0.29) is 30.2 Å². The molecule has 1 amide bonds. The summed E-state index contributed by atoms with van der Waals surface area (Å²) in [6, 6.07) is -0.631. The number of β-amino-alcohol motifs (C(OH)–C–C–N with tert-alkyl or cyclic N) is 1. The summed E-state index contributed by atoms with van der Waals surface area (Å²) >= 11 is 0. The van der Waals surface area contributed by atoms with E-state index in [1.165, 1.54) is 4.90 Å². The number of rotatable bonds is 2. The zero-order valence-corrected chi connectivity index (χ0v) is 13.6. The normalized spacial score (nSPS) is 29.2. The van der Waals surface area contributed by atoms with Crippen LogP contribution in [0.15, 0.2) is 0 Å². The standard InChI is InChI=1S/C13H24N2O5S/c1-13(2,3)20-12(17)15-5-4-14(6-7-16)10-8-21(18,19)9-11(10)15/h10-11,16H,4-9H2,1-3H3. The van der Waals surface area contributed by atoms with Crippen molar-refractivity contribution in [3.05, 3.63) is 0 Å². The van der Waals surface area contributed by atoms with E-state index in [4.69, 9.17) is 9.84 Å². The molecule has 2 fully saturated rings. The topological polar surface area (TPSA) is 87.2 Å². The molecule has 2 aliphatic heterocycles. The second-order valence-electron chi connectivity index (χ2n) is 6.64. The van der Waals surface area contributed by atoms with Gasteiger partial charge < -0.3 is 14.7 Å². The maximum absolute atomic E-state index is 12.3. The van der Waals surface area contributed by atoms with E-state index < -0.39 is 21.5 Å². The second-order valence-corrected chi connectivity index (χ2v) is 8.80. The largest absolute Gasteiger partial charge is 0.444 e. The van der Waals surface area contributed by atoms with Gasteiger partial charge >= 0.3 is 6.09 Å². The van der Waals surface area contributed by atoms with E-state index in [2.05, 4.69) is 0 Å². The highest BCUT2D eigenvalue weighted by Crippen LogP contribution is 2.28. The van der Waals surface area contributed by atoms with Crippen LogP contribution in [0.25, 0.3) is 0 Å². The monoisotopic (exact) mass is 320 g/mol. The van der Waals surface area contributed by atoms with Crippen LogP contribution in [0.2, 0.25) is 0 Å². The van der Waals surface area contributed by atoms with Gasteiger partial charge in [-0.3, -0.25) is 4.90 Å². The summed E-state index contributed by atoms with van der Waals surface area (Å²) in [7, 11) is -3.16. The molecule has 2 atom stereocenters. The maximum atomic E-state index is 12.3. The van der Waals surface area contributed by atoms with Crippen LogP contribution in [0.3, 0.4) is 0 Å². The van der Waals surface area contributed by atoms with Crippen molar-refractivity contribution in [1.29, 1.82) is 0 Å². The molecule has 0 aromatic heterocycles. The van der Waals surface area contributed by atoms with Crippen molar-refractivity contribution in [3.8, 4) is 0 Å². The number of hydrogen-bond acceptors (Lipinski definition) is 6. The highest BCUT2D eigenvalue weighted by Gasteiger charge is 2.48. The molecule has 2 aliphatic rings. The summed E-state index contributed by atoms with van der Waals surface area (Å²) < 4.78 is 29.2. The molecule has 122 valence electrons. The summed E-state index contributed by atoms with van der Waals surface area (Å²) in [5.74, 6) is 0.00972. The number of ether oxygens (including phenoxy) is 1. The molecule has 0 aromatic rings. The Labute approximate surface area is 125 Å². The van der Waals surface area contributed by atoms with Gasteiger partial charge in [0.05, 0.1) is 24.2 Å². The number of carbonyl (C=O) groups excluding carboxylic acids is 1. The predicted octanol–water partition coefficient (Wildman–Crippen LogP) is -0.303. The van der Waals surface area contributed by atoms with E-state index in [1.54, 1.807) is 20.8 Å². The maximum Gasteiger partial charge on any atom is 0.410 e. The van der Waals surface area contributed by atoms with Crippen LogP contribution in [-0.4, -0.2) is 84.8 Å². The van der Waals surface area contributed by atoms with Crippen LogP contribution >= 0.6 is 0 Å². The minimum atomic E-state index is -3.16. The lowest BCUT2D eigenvalue weighted by Gasteiger charge is -2.43. The van der Waals surface area contributed by atoms with Gasteiger partial charge in [0.15, 0.2) is 9.84 Å². The van der Waals surface area contributed by atoms with Gasteiger partial charge in [-0.25, -0.2) is 13.2 Å². The van der Waals surface area contributed by atoms with Gasteiger partial charge in [-0.2, -0.15) is 0 Å². The Morgan fingerprint density at radius 2 is 1.86 bits per heavy atom. The molecule has 21 heavy (non-hydrogen) atoms. The second kappa shape index (κ2) is 5.73. The molecule has 2 heterocycles. The molecule has 2 rings (SSSR count). The summed E-state index contributed by atoms with van der Waals surface area (Å²) in [5.41, 5.74) is -0.605. The molecule has 2 saturated heterocycles.